The Hall–Kier alpha value is -0.500. The highest BCUT2D eigenvalue weighted by Gasteiger charge is 2.39. The van der Waals surface area contributed by atoms with Gasteiger partial charge in [-0.2, -0.15) is 0 Å². The van der Waals surface area contributed by atoms with Crippen molar-refractivity contribution in [1.82, 2.24) is 4.90 Å². The molecule has 2 rings (SSSR count). The molecule has 0 aromatic rings. The Labute approximate surface area is 61.1 Å². The van der Waals surface area contributed by atoms with Gasteiger partial charge in [0, 0.05) is 19.2 Å². The van der Waals surface area contributed by atoms with Gasteiger partial charge < -0.3 is 10.0 Å². The predicted molar refractivity (Wildman–Crippen MR) is 39.3 cm³/mol. The Kier molecular flexibility index (Phi) is 1.09. The summed E-state index contributed by atoms with van der Waals surface area (Å²) in [5.74, 6) is 0. The van der Waals surface area contributed by atoms with Crippen molar-refractivity contribution in [2.45, 2.75) is 31.4 Å². The van der Waals surface area contributed by atoms with E-state index in [2.05, 4.69) is 6.08 Å². The lowest BCUT2D eigenvalue weighted by Crippen LogP contribution is -2.44. The SMILES string of the molecule is CN1C2=CC[C@]1(O)CCC2. The van der Waals surface area contributed by atoms with Crippen LogP contribution in [0.25, 0.3) is 0 Å². The molecule has 2 bridgehead atoms. The zero-order valence-corrected chi connectivity index (χ0v) is 6.30. The standard InChI is InChI=1S/C8H13NO/c1-9-7-3-2-5-8(9,10)6-4-7/h4,10H,2-3,5-6H2,1H3/t8-/m1/s1. The zero-order chi connectivity index (χ0) is 7.19. The Balaban J connectivity index is 2.29. The van der Waals surface area contributed by atoms with E-state index >= 15 is 0 Å². The molecule has 2 heterocycles. The van der Waals surface area contributed by atoms with Crippen LogP contribution in [-0.2, 0) is 0 Å². The zero-order valence-electron chi connectivity index (χ0n) is 6.30. The third-order valence-electron chi connectivity index (χ3n) is 2.73. The molecule has 0 unspecified atom stereocenters. The van der Waals surface area contributed by atoms with Crippen molar-refractivity contribution in [3.05, 3.63) is 11.8 Å². The second kappa shape index (κ2) is 1.76. The number of hydrogen-bond acceptors (Lipinski definition) is 2. The van der Waals surface area contributed by atoms with Gasteiger partial charge in [-0.1, -0.05) is 6.08 Å². The summed E-state index contributed by atoms with van der Waals surface area (Å²) in [5, 5.41) is 9.86. The Bertz CT molecular complexity index is 188. The fourth-order valence-electron chi connectivity index (χ4n) is 1.91. The quantitative estimate of drug-likeness (QED) is 0.543. The molecule has 0 saturated carbocycles. The van der Waals surface area contributed by atoms with E-state index in [1.165, 1.54) is 5.70 Å². The van der Waals surface area contributed by atoms with Crippen LogP contribution >= 0.6 is 0 Å². The third-order valence-corrected chi connectivity index (χ3v) is 2.73. The van der Waals surface area contributed by atoms with Crippen LogP contribution in [-0.4, -0.2) is 22.8 Å². The van der Waals surface area contributed by atoms with Gasteiger partial charge in [0.15, 0.2) is 0 Å². The van der Waals surface area contributed by atoms with Gasteiger partial charge in [0.05, 0.1) is 0 Å². The molecule has 2 aliphatic heterocycles. The van der Waals surface area contributed by atoms with E-state index in [-0.39, 0.29) is 0 Å². The fourth-order valence-corrected chi connectivity index (χ4v) is 1.91. The van der Waals surface area contributed by atoms with Crippen LogP contribution in [0, 0.1) is 0 Å². The number of piperidine rings is 1. The van der Waals surface area contributed by atoms with Crippen LogP contribution in [0.1, 0.15) is 25.7 Å². The largest absolute Gasteiger partial charge is 0.371 e. The maximum Gasteiger partial charge on any atom is 0.140 e. The molecule has 0 aromatic carbocycles. The van der Waals surface area contributed by atoms with E-state index in [0.717, 1.165) is 25.7 Å². The molecule has 1 saturated heterocycles. The second-order valence-electron chi connectivity index (χ2n) is 3.29. The number of aliphatic hydroxyl groups is 1. The highest BCUT2D eigenvalue weighted by Crippen LogP contribution is 2.39. The van der Waals surface area contributed by atoms with E-state index in [4.69, 9.17) is 0 Å². The summed E-state index contributed by atoms with van der Waals surface area (Å²) in [6.07, 6.45) is 6.22. The molecule has 0 aliphatic carbocycles. The smallest absolute Gasteiger partial charge is 0.140 e. The highest BCUT2D eigenvalue weighted by atomic mass is 16.3. The second-order valence-corrected chi connectivity index (χ2v) is 3.29. The summed E-state index contributed by atoms with van der Waals surface area (Å²) in [6.45, 7) is 0. The van der Waals surface area contributed by atoms with Gasteiger partial charge in [0.25, 0.3) is 0 Å². The van der Waals surface area contributed by atoms with Crippen molar-refractivity contribution in [3.63, 3.8) is 0 Å². The molecular formula is C8H13NO. The van der Waals surface area contributed by atoms with E-state index in [9.17, 15) is 5.11 Å². The monoisotopic (exact) mass is 139 g/mol. The number of hydrogen-bond donors (Lipinski definition) is 1. The topological polar surface area (TPSA) is 23.5 Å². The highest BCUT2D eigenvalue weighted by molar-refractivity contribution is 5.16. The molecule has 0 radical (unpaired) electrons. The van der Waals surface area contributed by atoms with E-state index in [1.807, 2.05) is 11.9 Å². The van der Waals surface area contributed by atoms with Crippen molar-refractivity contribution in [2.75, 3.05) is 7.05 Å². The van der Waals surface area contributed by atoms with Crippen LogP contribution in [0.4, 0.5) is 0 Å². The average molecular weight is 139 g/mol. The number of fused-ring (bicyclic) bond motifs is 2. The van der Waals surface area contributed by atoms with Crippen molar-refractivity contribution >= 4 is 0 Å². The van der Waals surface area contributed by atoms with Gasteiger partial charge in [0.2, 0.25) is 0 Å². The normalized spacial score (nSPS) is 38.2. The Morgan fingerprint density at radius 2 is 2.50 bits per heavy atom. The summed E-state index contributed by atoms with van der Waals surface area (Å²) in [5.41, 5.74) is 0.821. The fraction of sp³-hybridized carbons (Fsp3) is 0.750. The van der Waals surface area contributed by atoms with Gasteiger partial charge in [0.1, 0.15) is 5.72 Å². The van der Waals surface area contributed by atoms with Crippen LogP contribution in [0.5, 0.6) is 0 Å². The van der Waals surface area contributed by atoms with Crippen molar-refractivity contribution in [3.8, 4) is 0 Å². The number of nitrogens with zero attached hydrogens (tertiary/aromatic N) is 1. The summed E-state index contributed by atoms with van der Waals surface area (Å²) in [6, 6.07) is 0. The van der Waals surface area contributed by atoms with Crippen LogP contribution in [0.15, 0.2) is 11.8 Å². The minimum Gasteiger partial charge on any atom is -0.371 e. The van der Waals surface area contributed by atoms with Crippen molar-refractivity contribution < 1.29 is 5.11 Å². The van der Waals surface area contributed by atoms with E-state index in [1.54, 1.807) is 0 Å². The summed E-state index contributed by atoms with van der Waals surface area (Å²) in [7, 11) is 1.98. The first-order valence-corrected chi connectivity index (χ1v) is 3.88. The molecule has 1 atom stereocenters. The maximum atomic E-state index is 9.86. The Morgan fingerprint density at radius 1 is 1.70 bits per heavy atom. The van der Waals surface area contributed by atoms with Crippen molar-refractivity contribution in [1.29, 1.82) is 0 Å². The van der Waals surface area contributed by atoms with Crippen LogP contribution < -0.4 is 0 Å². The van der Waals surface area contributed by atoms with Crippen molar-refractivity contribution in [2.24, 2.45) is 0 Å². The lowest BCUT2D eigenvalue weighted by molar-refractivity contribution is -0.0819. The van der Waals surface area contributed by atoms with Gasteiger partial charge >= 0.3 is 0 Å². The molecule has 2 heteroatoms. The van der Waals surface area contributed by atoms with Gasteiger partial charge in [-0.05, 0) is 19.3 Å². The minimum atomic E-state index is -0.506. The molecule has 0 spiro atoms. The summed E-state index contributed by atoms with van der Waals surface area (Å²) < 4.78 is 0. The van der Waals surface area contributed by atoms with Crippen LogP contribution in [0.3, 0.4) is 0 Å². The number of allylic oxidation sites excluding steroid dienone is 1. The summed E-state index contributed by atoms with van der Waals surface area (Å²) in [4.78, 5) is 2.02. The molecule has 1 fully saturated rings. The molecule has 2 nitrogen and oxygen atoms in total. The lowest BCUT2D eigenvalue weighted by atomic mass is 10.0. The van der Waals surface area contributed by atoms with E-state index in [0.29, 0.717) is 0 Å². The first-order valence-electron chi connectivity index (χ1n) is 3.88. The van der Waals surface area contributed by atoms with Crippen LogP contribution in [0.2, 0.25) is 0 Å². The average Bonchev–Trinajstić information content (AvgIpc) is 2.18. The first-order chi connectivity index (χ1) is 4.72. The third kappa shape index (κ3) is 0.626. The summed E-state index contributed by atoms with van der Waals surface area (Å²) >= 11 is 0. The first kappa shape index (κ1) is 6.23. The molecule has 1 N–H and O–H groups in total. The molecule has 56 valence electrons. The molecule has 10 heavy (non-hydrogen) atoms. The predicted octanol–water partition coefficient (Wildman–Crippen LogP) is 1.08. The minimum absolute atomic E-state index is 0.506. The lowest BCUT2D eigenvalue weighted by Gasteiger charge is -2.38. The molecule has 2 aliphatic rings. The van der Waals surface area contributed by atoms with Gasteiger partial charge in [-0.15, -0.1) is 0 Å². The maximum absolute atomic E-state index is 9.86. The molecule has 0 aromatic heterocycles. The van der Waals surface area contributed by atoms with Gasteiger partial charge in [-0.25, -0.2) is 0 Å². The molecular weight excluding hydrogens is 126 g/mol. The molecule has 0 amide bonds. The van der Waals surface area contributed by atoms with E-state index < -0.39 is 5.72 Å². The Morgan fingerprint density at radius 3 is 3.10 bits per heavy atom. The van der Waals surface area contributed by atoms with Gasteiger partial charge in [-0.3, -0.25) is 0 Å². The number of rotatable bonds is 0.